The highest BCUT2D eigenvalue weighted by Crippen LogP contribution is 2.25. The van der Waals surface area contributed by atoms with E-state index in [0.717, 1.165) is 0 Å². The van der Waals surface area contributed by atoms with Crippen molar-refractivity contribution in [2.75, 3.05) is 6.54 Å². The molecule has 98 valence electrons. The highest BCUT2D eigenvalue weighted by atomic mass is 79.9. The molecule has 1 fully saturated rings. The fraction of sp³-hybridized carbons (Fsp3) is 0.818. The first kappa shape index (κ1) is 16.3. The van der Waals surface area contributed by atoms with Gasteiger partial charge in [0.25, 0.3) is 0 Å². The van der Waals surface area contributed by atoms with Crippen LogP contribution in [0.4, 0.5) is 4.39 Å². The standard InChI is InChI=1S/C11H18FN3O.BrH/c1-11(2,3)9(14)10(16)15-6-7(12)4-8(15)5-13;/h7-9H,4,6,14H2,1-3H3;1H/t7-,8-,9+;/m0./s1. The molecular weight excluding hydrogens is 289 g/mol. The number of nitriles is 1. The molecule has 0 aromatic rings. The Morgan fingerprint density at radius 2 is 2.12 bits per heavy atom. The summed E-state index contributed by atoms with van der Waals surface area (Å²) in [5, 5.41) is 8.84. The summed E-state index contributed by atoms with van der Waals surface area (Å²) in [6.07, 6.45) is -1.01. The van der Waals surface area contributed by atoms with Gasteiger partial charge in [0.1, 0.15) is 12.2 Å². The van der Waals surface area contributed by atoms with Crippen molar-refractivity contribution in [2.24, 2.45) is 11.1 Å². The van der Waals surface area contributed by atoms with Gasteiger partial charge in [0.15, 0.2) is 0 Å². The van der Waals surface area contributed by atoms with Crippen LogP contribution in [-0.2, 0) is 4.79 Å². The van der Waals surface area contributed by atoms with Crippen LogP contribution in [0, 0.1) is 16.7 Å². The smallest absolute Gasteiger partial charge is 0.241 e. The minimum absolute atomic E-state index is 0. The van der Waals surface area contributed by atoms with Crippen LogP contribution in [0.2, 0.25) is 0 Å². The molecule has 1 aliphatic heterocycles. The average molecular weight is 308 g/mol. The maximum atomic E-state index is 13.1. The first-order valence-electron chi connectivity index (χ1n) is 5.37. The summed E-state index contributed by atoms with van der Waals surface area (Å²) >= 11 is 0. The second kappa shape index (κ2) is 5.78. The number of likely N-dealkylation sites (tertiary alicyclic amines) is 1. The van der Waals surface area contributed by atoms with Crippen molar-refractivity contribution in [1.29, 1.82) is 5.26 Å². The van der Waals surface area contributed by atoms with Gasteiger partial charge in [-0.05, 0) is 5.41 Å². The Labute approximate surface area is 112 Å². The van der Waals surface area contributed by atoms with Crippen LogP contribution < -0.4 is 5.73 Å². The van der Waals surface area contributed by atoms with Crippen molar-refractivity contribution in [2.45, 2.75) is 45.4 Å². The molecule has 2 N–H and O–H groups in total. The molecule has 0 saturated carbocycles. The Morgan fingerprint density at radius 1 is 1.59 bits per heavy atom. The number of nitrogens with two attached hydrogens (primary N) is 1. The molecule has 6 heteroatoms. The van der Waals surface area contributed by atoms with E-state index in [0.29, 0.717) is 0 Å². The molecule has 17 heavy (non-hydrogen) atoms. The summed E-state index contributed by atoms with van der Waals surface area (Å²) in [4.78, 5) is 13.3. The minimum Gasteiger partial charge on any atom is -0.322 e. The summed E-state index contributed by atoms with van der Waals surface area (Å²) in [5.74, 6) is -0.334. The summed E-state index contributed by atoms with van der Waals surface area (Å²) < 4.78 is 13.1. The largest absolute Gasteiger partial charge is 0.322 e. The van der Waals surface area contributed by atoms with Crippen molar-refractivity contribution in [3.63, 3.8) is 0 Å². The normalized spacial score (nSPS) is 26.0. The third kappa shape index (κ3) is 3.65. The number of carbonyl (C=O) groups is 1. The SMILES string of the molecule is Br.CC(C)(C)[C@H](N)C(=O)N1C[C@@H](F)C[C@H]1C#N. The molecular formula is C11H19BrFN3O. The molecule has 0 radical (unpaired) electrons. The van der Waals surface area contributed by atoms with E-state index in [9.17, 15) is 9.18 Å². The van der Waals surface area contributed by atoms with Crippen molar-refractivity contribution in [3.05, 3.63) is 0 Å². The van der Waals surface area contributed by atoms with E-state index in [1.54, 1.807) is 0 Å². The van der Waals surface area contributed by atoms with Crippen molar-refractivity contribution < 1.29 is 9.18 Å². The third-order valence-electron chi connectivity index (χ3n) is 2.88. The van der Waals surface area contributed by atoms with Gasteiger partial charge < -0.3 is 10.6 Å². The number of hydrogen-bond donors (Lipinski definition) is 1. The van der Waals surface area contributed by atoms with Gasteiger partial charge in [-0.2, -0.15) is 5.26 Å². The zero-order chi connectivity index (χ0) is 12.5. The van der Waals surface area contributed by atoms with Gasteiger partial charge in [0.2, 0.25) is 5.91 Å². The van der Waals surface area contributed by atoms with Gasteiger partial charge in [-0.25, -0.2) is 4.39 Å². The lowest BCUT2D eigenvalue weighted by Gasteiger charge is -2.30. The van der Waals surface area contributed by atoms with Gasteiger partial charge in [0, 0.05) is 6.42 Å². The van der Waals surface area contributed by atoms with Crippen molar-refractivity contribution >= 4 is 22.9 Å². The van der Waals surface area contributed by atoms with Gasteiger partial charge >= 0.3 is 0 Å². The van der Waals surface area contributed by atoms with Crippen LogP contribution in [0.5, 0.6) is 0 Å². The lowest BCUT2D eigenvalue weighted by molar-refractivity contribution is -0.135. The van der Waals surface area contributed by atoms with Gasteiger partial charge in [-0.1, -0.05) is 20.8 Å². The molecule has 1 aliphatic rings. The Hall–Kier alpha value is -0.670. The minimum atomic E-state index is -1.11. The number of amides is 1. The monoisotopic (exact) mass is 307 g/mol. The van der Waals surface area contributed by atoms with Gasteiger partial charge in [0.05, 0.1) is 18.7 Å². The number of carbonyl (C=O) groups excluding carboxylic acids is 1. The van der Waals surface area contributed by atoms with Crippen LogP contribution in [0.1, 0.15) is 27.2 Å². The Morgan fingerprint density at radius 3 is 2.53 bits per heavy atom. The zero-order valence-corrected chi connectivity index (χ0v) is 12.0. The van der Waals surface area contributed by atoms with Crippen molar-refractivity contribution in [3.8, 4) is 6.07 Å². The zero-order valence-electron chi connectivity index (χ0n) is 10.3. The highest BCUT2D eigenvalue weighted by Gasteiger charge is 2.40. The molecule has 0 aliphatic carbocycles. The lowest BCUT2D eigenvalue weighted by Crippen LogP contribution is -2.51. The topological polar surface area (TPSA) is 70.1 Å². The Balaban J connectivity index is 0.00000256. The number of halogens is 2. The van der Waals surface area contributed by atoms with Crippen LogP contribution in [0.25, 0.3) is 0 Å². The summed E-state index contributed by atoms with van der Waals surface area (Å²) in [7, 11) is 0. The maximum absolute atomic E-state index is 13.1. The third-order valence-corrected chi connectivity index (χ3v) is 2.88. The van der Waals surface area contributed by atoms with E-state index in [1.165, 1.54) is 4.90 Å². The first-order valence-corrected chi connectivity index (χ1v) is 5.37. The number of rotatable bonds is 1. The molecule has 1 amide bonds. The molecule has 0 bridgehead atoms. The van der Waals surface area contributed by atoms with Crippen LogP contribution in [-0.4, -0.2) is 35.6 Å². The molecule has 0 aromatic heterocycles. The Kier molecular flexibility index (Phi) is 5.56. The quantitative estimate of drug-likeness (QED) is 0.796. The van der Waals surface area contributed by atoms with Crippen LogP contribution in [0.15, 0.2) is 0 Å². The van der Waals surface area contributed by atoms with Crippen molar-refractivity contribution in [1.82, 2.24) is 4.90 Å². The summed E-state index contributed by atoms with van der Waals surface area (Å²) in [6.45, 7) is 5.53. The number of alkyl halides is 1. The molecule has 1 saturated heterocycles. The van der Waals surface area contributed by atoms with Crippen LogP contribution in [0.3, 0.4) is 0 Å². The highest BCUT2D eigenvalue weighted by molar-refractivity contribution is 8.93. The van der Waals surface area contributed by atoms with E-state index >= 15 is 0 Å². The van der Waals surface area contributed by atoms with E-state index in [4.69, 9.17) is 11.0 Å². The lowest BCUT2D eigenvalue weighted by atomic mass is 9.86. The molecule has 1 rings (SSSR count). The second-order valence-electron chi connectivity index (χ2n) is 5.31. The fourth-order valence-electron chi connectivity index (χ4n) is 1.70. The van der Waals surface area contributed by atoms with Gasteiger partial charge in [-0.3, -0.25) is 4.79 Å². The fourth-order valence-corrected chi connectivity index (χ4v) is 1.70. The Bertz CT molecular complexity index is 324. The maximum Gasteiger partial charge on any atom is 0.241 e. The molecule has 4 nitrogen and oxygen atoms in total. The molecule has 0 spiro atoms. The molecule has 0 aromatic carbocycles. The first-order chi connectivity index (χ1) is 7.27. The summed E-state index contributed by atoms with van der Waals surface area (Å²) in [6, 6.07) is 0.570. The number of hydrogen-bond acceptors (Lipinski definition) is 3. The second-order valence-corrected chi connectivity index (χ2v) is 5.31. The van der Waals surface area contributed by atoms with E-state index in [2.05, 4.69) is 0 Å². The molecule has 0 unspecified atom stereocenters. The molecule has 3 atom stereocenters. The van der Waals surface area contributed by atoms with E-state index < -0.39 is 18.3 Å². The van der Waals surface area contributed by atoms with Crippen LogP contribution >= 0.6 is 17.0 Å². The summed E-state index contributed by atoms with van der Waals surface area (Å²) in [5.41, 5.74) is 5.43. The molecule has 1 heterocycles. The van der Waals surface area contributed by atoms with E-state index in [1.807, 2.05) is 26.8 Å². The van der Waals surface area contributed by atoms with E-state index in [-0.39, 0.29) is 41.3 Å². The van der Waals surface area contributed by atoms with Gasteiger partial charge in [-0.15, -0.1) is 17.0 Å². The predicted molar refractivity (Wildman–Crippen MR) is 68.4 cm³/mol. The predicted octanol–water partition coefficient (Wildman–Crippen LogP) is 1.40. The average Bonchev–Trinajstić information content (AvgIpc) is 2.55. The number of nitrogens with zero attached hydrogens (tertiary/aromatic N) is 2.